The zero-order valence-corrected chi connectivity index (χ0v) is 16.9. The third-order valence-electron chi connectivity index (χ3n) is 5.49. The van der Waals surface area contributed by atoms with Crippen LogP contribution < -0.4 is 4.74 Å². The lowest BCUT2D eigenvalue weighted by atomic mass is 10.1. The van der Waals surface area contributed by atoms with Gasteiger partial charge in [-0.1, -0.05) is 42.5 Å². The quantitative estimate of drug-likeness (QED) is 0.557. The Morgan fingerprint density at radius 2 is 1.47 bits per heavy atom. The lowest BCUT2D eigenvalue weighted by Gasteiger charge is -2.34. The Morgan fingerprint density at radius 3 is 2.17 bits per heavy atom. The molecule has 3 nitrogen and oxygen atoms in total. The first-order valence-electron chi connectivity index (χ1n) is 10.3. The molecule has 0 spiro atoms. The van der Waals surface area contributed by atoms with E-state index in [9.17, 15) is 8.78 Å². The van der Waals surface area contributed by atoms with Crippen molar-refractivity contribution in [1.29, 1.82) is 0 Å². The van der Waals surface area contributed by atoms with E-state index >= 15 is 0 Å². The van der Waals surface area contributed by atoms with E-state index in [2.05, 4.69) is 40.1 Å². The van der Waals surface area contributed by atoms with E-state index in [0.717, 1.165) is 51.1 Å². The molecule has 0 radical (unpaired) electrons. The smallest absolute Gasteiger partial charge is 0.133 e. The van der Waals surface area contributed by atoms with Gasteiger partial charge in [0.2, 0.25) is 0 Å². The fraction of sp³-hybridized carbons (Fsp3) is 0.280. The number of hydrogen-bond donors (Lipinski definition) is 0. The lowest BCUT2D eigenvalue weighted by Crippen LogP contribution is -2.47. The van der Waals surface area contributed by atoms with Crippen molar-refractivity contribution < 1.29 is 13.5 Å². The lowest BCUT2D eigenvalue weighted by molar-refractivity contribution is 0.112. The van der Waals surface area contributed by atoms with Gasteiger partial charge in [0.15, 0.2) is 0 Å². The molecule has 0 unspecified atom stereocenters. The zero-order valence-electron chi connectivity index (χ0n) is 16.9. The Hall–Kier alpha value is -2.76. The molecule has 0 aromatic heterocycles. The summed E-state index contributed by atoms with van der Waals surface area (Å²) >= 11 is 0. The van der Waals surface area contributed by atoms with Crippen LogP contribution in [-0.4, -0.2) is 49.1 Å². The predicted molar refractivity (Wildman–Crippen MR) is 115 cm³/mol. The van der Waals surface area contributed by atoms with Crippen LogP contribution in [0.3, 0.4) is 0 Å². The minimum atomic E-state index is -0.572. The summed E-state index contributed by atoms with van der Waals surface area (Å²) in [4.78, 5) is 4.91. The maximum absolute atomic E-state index is 13.9. The number of rotatable bonds is 7. The van der Waals surface area contributed by atoms with E-state index in [0.29, 0.717) is 17.7 Å². The normalized spacial score (nSPS) is 15.3. The SMILES string of the molecule is Fc1ccc(-c2ccc(OCCN3CCN(Cc4ccccc4)CC3)cc2)c(F)c1. The largest absolute Gasteiger partial charge is 0.492 e. The molecule has 1 saturated heterocycles. The van der Waals surface area contributed by atoms with Gasteiger partial charge in [0.25, 0.3) is 0 Å². The molecule has 0 saturated carbocycles. The zero-order chi connectivity index (χ0) is 20.8. The Morgan fingerprint density at radius 1 is 0.767 bits per heavy atom. The first-order chi connectivity index (χ1) is 14.7. The minimum Gasteiger partial charge on any atom is -0.492 e. The molecule has 0 N–H and O–H groups in total. The van der Waals surface area contributed by atoms with Crippen molar-refractivity contribution in [2.24, 2.45) is 0 Å². The van der Waals surface area contributed by atoms with E-state index in [1.54, 1.807) is 12.1 Å². The van der Waals surface area contributed by atoms with Gasteiger partial charge in [-0.2, -0.15) is 0 Å². The van der Waals surface area contributed by atoms with Gasteiger partial charge < -0.3 is 4.74 Å². The van der Waals surface area contributed by atoms with Gasteiger partial charge in [-0.25, -0.2) is 8.78 Å². The van der Waals surface area contributed by atoms with Crippen LogP contribution in [-0.2, 0) is 6.54 Å². The van der Waals surface area contributed by atoms with Gasteiger partial charge in [0.1, 0.15) is 24.0 Å². The van der Waals surface area contributed by atoms with Gasteiger partial charge in [-0.3, -0.25) is 9.80 Å². The van der Waals surface area contributed by atoms with Crippen LogP contribution in [0.4, 0.5) is 8.78 Å². The van der Waals surface area contributed by atoms with Crippen molar-refractivity contribution in [2.75, 3.05) is 39.3 Å². The molecular formula is C25H26F2N2O. The summed E-state index contributed by atoms with van der Waals surface area (Å²) in [6.07, 6.45) is 0. The summed E-state index contributed by atoms with van der Waals surface area (Å²) in [5.74, 6) is -0.379. The summed E-state index contributed by atoms with van der Waals surface area (Å²) in [7, 11) is 0. The van der Waals surface area contributed by atoms with Crippen LogP contribution in [0.5, 0.6) is 5.75 Å². The molecule has 3 aromatic rings. The predicted octanol–water partition coefficient (Wildman–Crippen LogP) is 4.83. The molecule has 0 bridgehead atoms. The van der Waals surface area contributed by atoms with Crippen LogP contribution in [0.15, 0.2) is 72.8 Å². The third kappa shape index (κ3) is 5.43. The van der Waals surface area contributed by atoms with Crippen LogP contribution in [0.25, 0.3) is 11.1 Å². The topological polar surface area (TPSA) is 15.7 Å². The second-order valence-electron chi connectivity index (χ2n) is 7.60. The van der Waals surface area contributed by atoms with Crippen LogP contribution in [0.2, 0.25) is 0 Å². The van der Waals surface area contributed by atoms with Gasteiger partial charge in [0.05, 0.1) is 0 Å². The standard InChI is InChI=1S/C25H26F2N2O/c26-22-8-11-24(25(27)18-22)21-6-9-23(10-7-21)30-17-16-28-12-14-29(15-13-28)19-20-4-2-1-3-5-20/h1-11,18H,12-17,19H2. The summed E-state index contributed by atoms with van der Waals surface area (Å²) in [5, 5.41) is 0. The molecule has 30 heavy (non-hydrogen) atoms. The average molecular weight is 408 g/mol. The monoisotopic (exact) mass is 408 g/mol. The van der Waals surface area contributed by atoms with E-state index in [1.165, 1.54) is 17.7 Å². The summed E-state index contributed by atoms with van der Waals surface area (Å²) in [6.45, 7) is 6.71. The fourth-order valence-corrected chi connectivity index (χ4v) is 3.76. The Balaban J connectivity index is 1.20. The number of nitrogens with zero attached hydrogens (tertiary/aromatic N) is 2. The molecule has 1 fully saturated rings. The third-order valence-corrected chi connectivity index (χ3v) is 5.49. The van der Waals surface area contributed by atoms with Gasteiger partial charge in [-0.15, -0.1) is 0 Å². The van der Waals surface area contributed by atoms with Crippen molar-refractivity contribution in [3.05, 3.63) is 90.0 Å². The van der Waals surface area contributed by atoms with E-state index in [4.69, 9.17) is 4.74 Å². The highest BCUT2D eigenvalue weighted by atomic mass is 19.1. The average Bonchev–Trinajstić information content (AvgIpc) is 2.76. The molecule has 1 heterocycles. The molecule has 4 rings (SSSR count). The Kier molecular flexibility index (Phi) is 6.72. The van der Waals surface area contributed by atoms with Crippen molar-refractivity contribution in [1.82, 2.24) is 9.80 Å². The first kappa shape index (κ1) is 20.5. The Bertz CT molecular complexity index is 939. The van der Waals surface area contributed by atoms with Crippen molar-refractivity contribution in [3.63, 3.8) is 0 Å². The number of piperazine rings is 1. The molecule has 156 valence electrons. The number of ether oxygens (including phenoxy) is 1. The second-order valence-corrected chi connectivity index (χ2v) is 7.60. The summed E-state index contributed by atoms with van der Waals surface area (Å²) in [6, 6.07) is 21.5. The second kappa shape index (κ2) is 9.83. The molecule has 5 heteroatoms. The Labute approximate surface area is 176 Å². The van der Waals surface area contributed by atoms with Crippen molar-refractivity contribution in [2.45, 2.75) is 6.54 Å². The molecule has 1 aliphatic heterocycles. The molecule has 0 aliphatic carbocycles. The van der Waals surface area contributed by atoms with Gasteiger partial charge in [0, 0.05) is 50.9 Å². The molecule has 1 aliphatic rings. The number of benzene rings is 3. The molecule has 0 atom stereocenters. The van der Waals surface area contributed by atoms with E-state index in [1.807, 2.05) is 12.1 Å². The molecular weight excluding hydrogens is 382 g/mol. The molecule has 3 aromatic carbocycles. The minimum absolute atomic E-state index is 0.385. The number of hydrogen-bond acceptors (Lipinski definition) is 3. The van der Waals surface area contributed by atoms with Gasteiger partial charge in [-0.05, 0) is 35.4 Å². The maximum atomic E-state index is 13.9. The highest BCUT2D eigenvalue weighted by Gasteiger charge is 2.16. The summed E-state index contributed by atoms with van der Waals surface area (Å²) in [5.41, 5.74) is 2.45. The van der Waals surface area contributed by atoms with Crippen LogP contribution >= 0.6 is 0 Å². The van der Waals surface area contributed by atoms with Gasteiger partial charge >= 0.3 is 0 Å². The van der Waals surface area contributed by atoms with E-state index in [-0.39, 0.29) is 0 Å². The first-order valence-corrected chi connectivity index (χ1v) is 10.3. The summed E-state index contributed by atoms with van der Waals surface area (Å²) < 4.78 is 32.9. The van der Waals surface area contributed by atoms with Crippen LogP contribution in [0, 0.1) is 11.6 Å². The number of halogens is 2. The highest BCUT2D eigenvalue weighted by molar-refractivity contribution is 5.64. The highest BCUT2D eigenvalue weighted by Crippen LogP contribution is 2.25. The van der Waals surface area contributed by atoms with Crippen LogP contribution in [0.1, 0.15) is 5.56 Å². The van der Waals surface area contributed by atoms with Crippen molar-refractivity contribution in [3.8, 4) is 16.9 Å². The van der Waals surface area contributed by atoms with Crippen molar-refractivity contribution >= 4 is 0 Å². The molecule has 0 amide bonds. The fourth-order valence-electron chi connectivity index (χ4n) is 3.76. The maximum Gasteiger partial charge on any atom is 0.133 e. The van der Waals surface area contributed by atoms with E-state index < -0.39 is 11.6 Å².